The Hall–Kier alpha value is -2.76. The molecule has 0 aromatic heterocycles. The van der Waals surface area contributed by atoms with Crippen LogP contribution in [0.5, 0.6) is 0 Å². The predicted molar refractivity (Wildman–Crippen MR) is 79.5 cm³/mol. The fourth-order valence-electron chi connectivity index (χ4n) is 2.69. The lowest BCUT2D eigenvalue weighted by atomic mass is 10.1. The molecule has 4 nitrogen and oxygen atoms in total. The average Bonchev–Trinajstić information content (AvgIpc) is 2.95. The van der Waals surface area contributed by atoms with E-state index < -0.39 is 23.5 Å². The molecule has 2 aromatic rings. The Bertz CT molecular complexity index is 784. The zero-order valence-corrected chi connectivity index (χ0v) is 12.3. The van der Waals surface area contributed by atoms with E-state index >= 15 is 0 Å². The van der Waals surface area contributed by atoms with Crippen LogP contribution in [0.15, 0.2) is 36.4 Å². The molecule has 0 N–H and O–H groups in total. The van der Waals surface area contributed by atoms with Crippen molar-refractivity contribution in [3.63, 3.8) is 0 Å². The van der Waals surface area contributed by atoms with Crippen LogP contribution in [0.4, 0.5) is 14.5 Å². The van der Waals surface area contributed by atoms with Gasteiger partial charge >= 0.3 is 5.97 Å². The zero-order valence-electron chi connectivity index (χ0n) is 12.3. The van der Waals surface area contributed by atoms with E-state index in [0.717, 1.165) is 23.8 Å². The summed E-state index contributed by atoms with van der Waals surface area (Å²) in [5.41, 5.74) is 1.80. The van der Waals surface area contributed by atoms with Crippen molar-refractivity contribution in [1.82, 2.24) is 0 Å². The number of hydrogen-bond acceptors (Lipinski definition) is 3. The summed E-state index contributed by atoms with van der Waals surface area (Å²) in [5.74, 6) is -2.53. The Morgan fingerprint density at radius 1 is 1.04 bits per heavy atom. The van der Waals surface area contributed by atoms with Crippen molar-refractivity contribution in [3.05, 3.63) is 64.7 Å². The first kappa shape index (κ1) is 15.1. The lowest BCUT2D eigenvalue weighted by Crippen LogP contribution is -2.29. The highest BCUT2D eigenvalue weighted by atomic mass is 19.1. The molecule has 0 saturated heterocycles. The average molecular weight is 317 g/mol. The van der Waals surface area contributed by atoms with Crippen molar-refractivity contribution in [3.8, 4) is 0 Å². The second-order valence-corrected chi connectivity index (χ2v) is 5.20. The van der Waals surface area contributed by atoms with Gasteiger partial charge in [0.05, 0.1) is 12.7 Å². The maximum atomic E-state index is 13.3. The molecule has 0 spiro atoms. The molecule has 0 bridgehead atoms. The molecule has 118 valence electrons. The second-order valence-electron chi connectivity index (χ2n) is 5.20. The van der Waals surface area contributed by atoms with Crippen LogP contribution < -0.4 is 4.90 Å². The summed E-state index contributed by atoms with van der Waals surface area (Å²) >= 11 is 0. The largest absolute Gasteiger partial charge is 0.465 e. The summed E-state index contributed by atoms with van der Waals surface area (Å²) in [4.78, 5) is 25.5. The second kappa shape index (κ2) is 5.79. The molecule has 6 heteroatoms. The number of ether oxygens (including phenoxy) is 1. The van der Waals surface area contributed by atoms with E-state index in [2.05, 4.69) is 4.74 Å². The smallest absolute Gasteiger partial charge is 0.337 e. The van der Waals surface area contributed by atoms with E-state index in [9.17, 15) is 18.4 Å². The highest BCUT2D eigenvalue weighted by Crippen LogP contribution is 2.30. The lowest BCUT2D eigenvalue weighted by molar-refractivity contribution is 0.0600. The Labute approximate surface area is 131 Å². The molecule has 0 saturated carbocycles. The Morgan fingerprint density at radius 2 is 1.74 bits per heavy atom. The summed E-state index contributed by atoms with van der Waals surface area (Å²) in [7, 11) is 1.30. The van der Waals surface area contributed by atoms with Crippen molar-refractivity contribution in [2.75, 3.05) is 18.6 Å². The van der Waals surface area contributed by atoms with Gasteiger partial charge in [0.2, 0.25) is 0 Å². The van der Waals surface area contributed by atoms with Gasteiger partial charge in [-0.2, -0.15) is 0 Å². The molecule has 1 aliphatic heterocycles. The standard InChI is InChI=1S/C17H13F2NO3/c1-23-17(22)11-2-3-15-10(6-11)4-5-20(15)16(21)12-7-13(18)9-14(19)8-12/h2-3,6-9H,4-5H2,1H3. The molecular formula is C17H13F2NO3. The zero-order chi connectivity index (χ0) is 16.6. The van der Waals surface area contributed by atoms with Crippen molar-refractivity contribution in [1.29, 1.82) is 0 Å². The number of halogens is 2. The maximum absolute atomic E-state index is 13.3. The summed E-state index contributed by atoms with van der Waals surface area (Å²) in [6.07, 6.45) is 0.559. The van der Waals surface area contributed by atoms with Gasteiger partial charge in [0, 0.05) is 23.9 Å². The van der Waals surface area contributed by atoms with Crippen LogP contribution in [0.1, 0.15) is 26.3 Å². The summed E-state index contributed by atoms with van der Waals surface area (Å²) in [6, 6.07) is 7.60. The third-order valence-electron chi connectivity index (χ3n) is 3.75. The van der Waals surface area contributed by atoms with Gasteiger partial charge in [0.25, 0.3) is 5.91 Å². The minimum absolute atomic E-state index is 0.0487. The van der Waals surface area contributed by atoms with Gasteiger partial charge in [0.1, 0.15) is 11.6 Å². The van der Waals surface area contributed by atoms with Crippen LogP contribution in [0.2, 0.25) is 0 Å². The first-order chi connectivity index (χ1) is 11.0. The number of benzene rings is 2. The lowest BCUT2D eigenvalue weighted by Gasteiger charge is -2.17. The van der Waals surface area contributed by atoms with E-state index in [-0.39, 0.29) is 5.56 Å². The Kier molecular flexibility index (Phi) is 3.82. The van der Waals surface area contributed by atoms with Crippen molar-refractivity contribution in [2.45, 2.75) is 6.42 Å². The molecule has 0 aliphatic carbocycles. The van der Waals surface area contributed by atoms with Crippen LogP contribution in [0, 0.1) is 11.6 Å². The summed E-state index contributed by atoms with van der Waals surface area (Å²) in [5, 5.41) is 0. The SMILES string of the molecule is COC(=O)c1ccc2c(c1)CCN2C(=O)c1cc(F)cc(F)c1. The van der Waals surface area contributed by atoms with E-state index in [1.807, 2.05) is 0 Å². The van der Waals surface area contributed by atoms with Gasteiger partial charge in [-0.1, -0.05) is 0 Å². The first-order valence-corrected chi connectivity index (χ1v) is 6.99. The van der Waals surface area contributed by atoms with Crippen LogP contribution >= 0.6 is 0 Å². The first-order valence-electron chi connectivity index (χ1n) is 6.99. The number of carbonyl (C=O) groups is 2. The number of esters is 1. The maximum Gasteiger partial charge on any atom is 0.337 e. The molecule has 1 amide bonds. The number of rotatable bonds is 2. The van der Waals surface area contributed by atoms with Crippen LogP contribution in [-0.4, -0.2) is 25.5 Å². The molecule has 23 heavy (non-hydrogen) atoms. The number of nitrogens with zero attached hydrogens (tertiary/aromatic N) is 1. The molecule has 3 rings (SSSR count). The summed E-state index contributed by atoms with van der Waals surface area (Å²) < 4.78 is 31.2. The van der Waals surface area contributed by atoms with Gasteiger partial charge in [-0.05, 0) is 42.3 Å². The monoisotopic (exact) mass is 317 g/mol. The fourth-order valence-corrected chi connectivity index (χ4v) is 2.69. The van der Waals surface area contributed by atoms with Crippen molar-refractivity contribution < 1.29 is 23.1 Å². The van der Waals surface area contributed by atoms with Crippen LogP contribution in [0.3, 0.4) is 0 Å². The minimum atomic E-state index is -0.797. The molecule has 1 aliphatic rings. The van der Waals surface area contributed by atoms with Gasteiger partial charge in [-0.3, -0.25) is 4.79 Å². The van der Waals surface area contributed by atoms with Crippen LogP contribution in [0.25, 0.3) is 0 Å². The predicted octanol–water partition coefficient (Wildman–Crippen LogP) is 2.95. The van der Waals surface area contributed by atoms with E-state index in [0.29, 0.717) is 24.2 Å². The van der Waals surface area contributed by atoms with Crippen molar-refractivity contribution in [2.24, 2.45) is 0 Å². The normalized spacial score (nSPS) is 12.9. The highest BCUT2D eigenvalue weighted by Gasteiger charge is 2.27. The number of hydrogen-bond donors (Lipinski definition) is 0. The third kappa shape index (κ3) is 2.79. The Morgan fingerprint density at radius 3 is 2.39 bits per heavy atom. The third-order valence-corrected chi connectivity index (χ3v) is 3.75. The topological polar surface area (TPSA) is 46.6 Å². The fraction of sp³-hybridized carbons (Fsp3) is 0.176. The van der Waals surface area contributed by atoms with Crippen LogP contribution in [-0.2, 0) is 11.2 Å². The van der Waals surface area contributed by atoms with E-state index in [1.54, 1.807) is 18.2 Å². The van der Waals surface area contributed by atoms with Gasteiger partial charge in [0.15, 0.2) is 0 Å². The molecule has 0 unspecified atom stereocenters. The number of methoxy groups -OCH3 is 1. The number of fused-ring (bicyclic) bond motifs is 1. The van der Waals surface area contributed by atoms with Crippen molar-refractivity contribution >= 4 is 17.6 Å². The molecule has 0 fully saturated rings. The Balaban J connectivity index is 1.93. The molecule has 1 heterocycles. The highest BCUT2D eigenvalue weighted by molar-refractivity contribution is 6.07. The van der Waals surface area contributed by atoms with Gasteiger partial charge in [-0.15, -0.1) is 0 Å². The number of anilines is 1. The molecule has 2 aromatic carbocycles. The molecular weight excluding hydrogens is 304 g/mol. The summed E-state index contributed by atoms with van der Waals surface area (Å²) in [6.45, 7) is 0.386. The van der Waals surface area contributed by atoms with Gasteiger partial charge in [-0.25, -0.2) is 13.6 Å². The molecule has 0 atom stereocenters. The van der Waals surface area contributed by atoms with E-state index in [4.69, 9.17) is 0 Å². The molecule has 0 radical (unpaired) electrons. The van der Waals surface area contributed by atoms with E-state index in [1.165, 1.54) is 12.0 Å². The number of carbonyl (C=O) groups excluding carboxylic acids is 2. The van der Waals surface area contributed by atoms with Gasteiger partial charge < -0.3 is 9.64 Å². The number of amides is 1. The minimum Gasteiger partial charge on any atom is -0.465 e. The quantitative estimate of drug-likeness (QED) is 0.800.